The van der Waals surface area contributed by atoms with E-state index >= 15 is 0 Å². The number of fused-ring (bicyclic) bond motifs is 1. The molecule has 0 unspecified atom stereocenters. The summed E-state index contributed by atoms with van der Waals surface area (Å²) in [5.74, 6) is 0.237. The van der Waals surface area contributed by atoms with Gasteiger partial charge in [0.1, 0.15) is 5.82 Å². The molecule has 5 heterocycles. The number of carbonyl (C=O) groups excluding carboxylic acids is 1. The summed E-state index contributed by atoms with van der Waals surface area (Å²) >= 11 is 0. The van der Waals surface area contributed by atoms with Crippen molar-refractivity contribution >= 4 is 17.4 Å². The highest BCUT2D eigenvalue weighted by molar-refractivity contribution is 6.00. The highest BCUT2D eigenvalue weighted by atomic mass is 19.1. The van der Waals surface area contributed by atoms with Gasteiger partial charge in [-0.05, 0) is 36.9 Å². The number of pyridine rings is 1. The number of nitrogens with zero attached hydrogens (tertiary/aromatic N) is 5. The van der Waals surface area contributed by atoms with Crippen molar-refractivity contribution in [2.45, 2.75) is 18.9 Å². The van der Waals surface area contributed by atoms with Crippen LogP contribution in [0, 0.1) is 5.82 Å². The Balaban J connectivity index is 1.52. The van der Waals surface area contributed by atoms with Gasteiger partial charge in [-0.1, -0.05) is 9.61 Å². The Morgan fingerprint density at radius 2 is 2.29 bits per heavy atom. The molecule has 1 saturated heterocycles. The zero-order valence-corrected chi connectivity index (χ0v) is 14.8. The van der Waals surface area contributed by atoms with Gasteiger partial charge in [-0.3, -0.25) is 4.98 Å². The van der Waals surface area contributed by atoms with Gasteiger partial charge in [0.05, 0.1) is 29.7 Å². The summed E-state index contributed by atoms with van der Waals surface area (Å²) in [6, 6.07) is 3.41. The molecular formula is C19H17FN6O2. The van der Waals surface area contributed by atoms with E-state index < -0.39 is 0 Å². The second-order valence-corrected chi connectivity index (χ2v) is 6.86. The van der Waals surface area contributed by atoms with E-state index in [-0.39, 0.29) is 23.5 Å². The van der Waals surface area contributed by atoms with Crippen LogP contribution in [0.15, 0.2) is 49.3 Å². The summed E-state index contributed by atoms with van der Waals surface area (Å²) in [5, 5.41) is 13.5. The Morgan fingerprint density at radius 3 is 3.07 bits per heavy atom. The molecule has 4 aromatic rings. The van der Waals surface area contributed by atoms with Gasteiger partial charge in [0, 0.05) is 18.8 Å². The average molecular weight is 380 g/mol. The number of hydrogen-bond acceptors (Lipinski definition) is 5. The van der Waals surface area contributed by atoms with Crippen LogP contribution in [0.5, 0.6) is 5.75 Å². The Kier molecular flexibility index (Phi) is 3.68. The molecule has 0 aliphatic carbocycles. The van der Waals surface area contributed by atoms with E-state index in [9.17, 15) is 14.3 Å². The molecule has 4 aromatic heterocycles. The molecule has 1 aliphatic heterocycles. The van der Waals surface area contributed by atoms with E-state index in [0.717, 1.165) is 30.8 Å². The van der Waals surface area contributed by atoms with Gasteiger partial charge in [-0.2, -0.15) is 4.98 Å². The zero-order valence-electron chi connectivity index (χ0n) is 14.8. The van der Waals surface area contributed by atoms with E-state index in [1.807, 2.05) is 6.07 Å². The maximum absolute atomic E-state index is 13.6. The second-order valence-electron chi connectivity index (χ2n) is 6.86. The summed E-state index contributed by atoms with van der Waals surface area (Å²) in [5.41, 5.74) is 1.77. The second kappa shape index (κ2) is 6.22. The van der Waals surface area contributed by atoms with Crippen molar-refractivity contribution in [2.24, 2.45) is 0 Å². The number of aromatic nitrogens is 5. The summed E-state index contributed by atoms with van der Waals surface area (Å²) in [4.78, 5) is 22.0. The van der Waals surface area contributed by atoms with Gasteiger partial charge in [0.25, 0.3) is 0 Å². The van der Waals surface area contributed by atoms with Gasteiger partial charge >= 0.3 is 5.65 Å². The first-order valence-electron chi connectivity index (χ1n) is 8.95. The Labute approximate surface area is 158 Å². The van der Waals surface area contributed by atoms with Crippen molar-refractivity contribution in [3.8, 4) is 5.75 Å². The van der Waals surface area contributed by atoms with Gasteiger partial charge in [0.2, 0.25) is 5.82 Å². The SMILES string of the molecule is O=C(c1cn[n+]2ccc(N3CCC[C@@H]3c3cncc(F)c3)[nH+][c-]12)n1cc(O)[cH-]1. The van der Waals surface area contributed by atoms with Gasteiger partial charge in [-0.15, -0.1) is 0 Å². The molecule has 0 spiro atoms. The third-order valence-electron chi connectivity index (χ3n) is 5.10. The molecule has 8 nitrogen and oxygen atoms in total. The molecule has 9 heteroatoms. The number of aromatic hydroxyl groups is 1. The molecule has 1 atom stereocenters. The monoisotopic (exact) mass is 380 g/mol. The molecule has 0 radical (unpaired) electrons. The van der Waals surface area contributed by atoms with Crippen molar-refractivity contribution in [1.29, 1.82) is 0 Å². The normalized spacial score (nSPS) is 16.9. The van der Waals surface area contributed by atoms with Crippen molar-refractivity contribution in [1.82, 2.24) is 14.6 Å². The van der Waals surface area contributed by atoms with Crippen molar-refractivity contribution in [2.75, 3.05) is 11.4 Å². The minimum atomic E-state index is -0.352. The molecular weight excluding hydrogens is 363 g/mol. The summed E-state index contributed by atoms with van der Waals surface area (Å²) in [7, 11) is 0. The van der Waals surface area contributed by atoms with Crippen LogP contribution < -0.4 is 14.4 Å². The van der Waals surface area contributed by atoms with Crippen LogP contribution in [0.4, 0.5) is 10.2 Å². The lowest BCUT2D eigenvalue weighted by atomic mass is 10.1. The lowest BCUT2D eigenvalue weighted by molar-refractivity contribution is -0.625. The van der Waals surface area contributed by atoms with E-state index in [1.54, 1.807) is 16.9 Å². The molecule has 0 saturated carbocycles. The molecule has 1 aliphatic rings. The van der Waals surface area contributed by atoms with E-state index in [0.29, 0.717) is 11.2 Å². The maximum atomic E-state index is 13.6. The topological polar surface area (TPSA) is 89.5 Å². The number of H-pyrrole nitrogens is 1. The van der Waals surface area contributed by atoms with Crippen LogP contribution in [-0.4, -0.2) is 32.2 Å². The molecule has 142 valence electrons. The third kappa shape index (κ3) is 2.63. The fraction of sp³-hybridized carbons (Fsp3) is 0.211. The van der Waals surface area contributed by atoms with Crippen LogP contribution in [0.2, 0.25) is 0 Å². The van der Waals surface area contributed by atoms with E-state index in [4.69, 9.17) is 0 Å². The highest BCUT2D eigenvalue weighted by Gasteiger charge is 2.30. The summed E-state index contributed by atoms with van der Waals surface area (Å²) < 4.78 is 16.5. The highest BCUT2D eigenvalue weighted by Crippen LogP contribution is 2.34. The molecule has 1 fully saturated rings. The number of halogens is 1. The zero-order chi connectivity index (χ0) is 19.3. The first kappa shape index (κ1) is 16.5. The maximum Gasteiger partial charge on any atom is 0.409 e. The van der Waals surface area contributed by atoms with Crippen molar-refractivity contribution in [3.63, 3.8) is 0 Å². The number of nitrogens with one attached hydrogen (secondary N) is 1. The van der Waals surface area contributed by atoms with Crippen LogP contribution in [0.1, 0.15) is 34.8 Å². The number of aromatic amines is 1. The van der Waals surface area contributed by atoms with E-state index in [1.165, 1.54) is 35.4 Å². The first-order chi connectivity index (χ1) is 13.6. The van der Waals surface area contributed by atoms with Crippen LogP contribution in [-0.2, 0) is 0 Å². The minimum Gasteiger partial charge on any atom is -0.524 e. The molecule has 0 amide bonds. The molecule has 0 aromatic carbocycles. The van der Waals surface area contributed by atoms with E-state index in [2.05, 4.69) is 20.0 Å². The number of carbonyl (C=O) groups is 1. The Hall–Kier alpha value is -3.62. The van der Waals surface area contributed by atoms with Crippen LogP contribution >= 0.6 is 0 Å². The van der Waals surface area contributed by atoms with Gasteiger partial charge in [0.15, 0.2) is 12.1 Å². The van der Waals surface area contributed by atoms with Crippen LogP contribution in [0.25, 0.3) is 5.65 Å². The predicted molar refractivity (Wildman–Crippen MR) is 94.5 cm³/mol. The average Bonchev–Trinajstić information content (AvgIpc) is 3.31. The molecule has 2 N–H and O–H groups in total. The number of hydrogen-bond donors (Lipinski definition) is 1. The summed E-state index contributed by atoms with van der Waals surface area (Å²) in [6.07, 6.45) is 10.7. The first-order valence-corrected chi connectivity index (χ1v) is 8.95. The Morgan fingerprint density at radius 1 is 1.43 bits per heavy atom. The Bertz CT molecular complexity index is 1160. The van der Waals surface area contributed by atoms with Gasteiger partial charge < -0.3 is 19.4 Å². The molecule has 5 rings (SSSR count). The molecule has 28 heavy (non-hydrogen) atoms. The molecule has 0 bridgehead atoms. The lowest BCUT2D eigenvalue weighted by Gasteiger charge is -2.24. The number of anilines is 1. The van der Waals surface area contributed by atoms with Crippen LogP contribution in [0.3, 0.4) is 0 Å². The third-order valence-corrected chi connectivity index (χ3v) is 5.10. The lowest BCUT2D eigenvalue weighted by Crippen LogP contribution is -2.36. The number of rotatable bonds is 3. The smallest absolute Gasteiger partial charge is 0.409 e. The quantitative estimate of drug-likeness (QED) is 0.425. The standard InChI is InChI=1S/C19H17FN6O2/c20-13-6-12(7-21-8-13)16-2-1-4-25(16)17-3-5-26-18(23-17)15(9-22-26)19(28)24-10-14(27)11-24/h3,5-11,16,23,27H,1-2,4H2/t16-/m1/s1. The fourth-order valence-electron chi connectivity index (χ4n) is 3.77. The fourth-order valence-corrected chi connectivity index (χ4v) is 3.77. The largest absolute Gasteiger partial charge is 0.524 e. The minimum absolute atomic E-state index is 0.00701. The van der Waals surface area contributed by atoms with Crippen molar-refractivity contribution < 1.29 is 23.8 Å². The van der Waals surface area contributed by atoms with Crippen molar-refractivity contribution in [3.05, 3.63) is 66.3 Å². The summed E-state index contributed by atoms with van der Waals surface area (Å²) in [6.45, 7) is 0.807. The van der Waals surface area contributed by atoms with Gasteiger partial charge in [-0.25, -0.2) is 4.39 Å². The predicted octanol–water partition coefficient (Wildman–Crippen LogP) is 1.14.